The van der Waals surface area contributed by atoms with Crippen molar-refractivity contribution >= 4 is 17.2 Å². The number of amides is 1. The number of nitrogens with zero attached hydrogens (tertiary/aromatic N) is 3. The van der Waals surface area contributed by atoms with E-state index < -0.39 is 0 Å². The second-order valence-corrected chi connectivity index (χ2v) is 9.41. The molecule has 0 N–H and O–H groups in total. The molecule has 1 fully saturated rings. The van der Waals surface area contributed by atoms with Gasteiger partial charge in [-0.1, -0.05) is 41.5 Å². The molecule has 1 aliphatic heterocycles. The summed E-state index contributed by atoms with van der Waals surface area (Å²) in [7, 11) is 0. The van der Waals surface area contributed by atoms with Crippen molar-refractivity contribution in [2.75, 3.05) is 26.2 Å². The van der Waals surface area contributed by atoms with Crippen molar-refractivity contribution in [3.05, 3.63) is 16.1 Å². The van der Waals surface area contributed by atoms with Gasteiger partial charge in [0.15, 0.2) is 0 Å². The quantitative estimate of drug-likeness (QED) is 0.825. The fraction of sp³-hybridized carbons (Fsp3) is 0.789. The predicted molar refractivity (Wildman–Crippen MR) is 101 cm³/mol. The van der Waals surface area contributed by atoms with Gasteiger partial charge in [0.2, 0.25) is 5.91 Å². The van der Waals surface area contributed by atoms with Crippen molar-refractivity contribution in [2.24, 2.45) is 5.41 Å². The Bertz CT molecular complexity index is 559. The molecular formula is C19H33N3OS. The van der Waals surface area contributed by atoms with E-state index in [1.807, 2.05) is 0 Å². The second-order valence-electron chi connectivity index (χ2n) is 8.55. The lowest BCUT2D eigenvalue weighted by Crippen LogP contribution is -2.42. The predicted octanol–water partition coefficient (Wildman–Crippen LogP) is 3.91. The van der Waals surface area contributed by atoms with E-state index in [4.69, 9.17) is 4.98 Å². The van der Waals surface area contributed by atoms with Crippen LogP contribution in [0, 0.1) is 5.41 Å². The topological polar surface area (TPSA) is 36.4 Å². The van der Waals surface area contributed by atoms with Crippen LogP contribution in [0.2, 0.25) is 0 Å². The zero-order valence-electron chi connectivity index (χ0n) is 16.2. The van der Waals surface area contributed by atoms with Crippen LogP contribution in [0.25, 0.3) is 0 Å². The summed E-state index contributed by atoms with van der Waals surface area (Å²) in [6.45, 7) is 17.4. The molecule has 0 atom stereocenters. The molecule has 136 valence electrons. The Morgan fingerprint density at radius 3 is 2.46 bits per heavy atom. The van der Waals surface area contributed by atoms with Crippen LogP contribution in [-0.2, 0) is 16.8 Å². The lowest BCUT2D eigenvalue weighted by atomic mass is 9.88. The molecule has 24 heavy (non-hydrogen) atoms. The van der Waals surface area contributed by atoms with Gasteiger partial charge in [0, 0.05) is 48.9 Å². The van der Waals surface area contributed by atoms with Crippen LogP contribution >= 0.6 is 11.3 Å². The van der Waals surface area contributed by atoms with Gasteiger partial charge in [-0.2, -0.15) is 0 Å². The number of carbonyl (C=O) groups excluding carboxylic acids is 1. The number of carbonyl (C=O) groups is 1. The molecule has 1 aliphatic rings. The Kier molecular flexibility index (Phi) is 6.08. The molecular weight excluding hydrogens is 318 g/mol. The van der Waals surface area contributed by atoms with Gasteiger partial charge in [0.05, 0.1) is 10.7 Å². The van der Waals surface area contributed by atoms with Gasteiger partial charge in [-0.15, -0.1) is 11.3 Å². The van der Waals surface area contributed by atoms with Gasteiger partial charge in [-0.25, -0.2) is 4.98 Å². The number of hydrogen-bond donors (Lipinski definition) is 0. The number of thiazole rings is 1. The minimum absolute atomic E-state index is 0.122. The third kappa shape index (κ3) is 4.79. The maximum absolute atomic E-state index is 12.7. The number of rotatable bonds is 4. The Morgan fingerprint density at radius 1 is 1.17 bits per heavy atom. The van der Waals surface area contributed by atoms with Crippen molar-refractivity contribution in [3.63, 3.8) is 0 Å². The molecule has 5 heteroatoms. The first-order valence-corrected chi connectivity index (χ1v) is 9.98. The van der Waals surface area contributed by atoms with Crippen molar-refractivity contribution in [3.8, 4) is 0 Å². The molecule has 2 rings (SSSR count). The maximum Gasteiger partial charge on any atom is 0.228 e. The zero-order chi connectivity index (χ0) is 18.0. The highest BCUT2D eigenvalue weighted by Crippen LogP contribution is 2.27. The number of hydrogen-bond acceptors (Lipinski definition) is 4. The van der Waals surface area contributed by atoms with E-state index in [0.29, 0.717) is 5.91 Å². The Morgan fingerprint density at radius 2 is 1.88 bits per heavy atom. The standard InChI is InChI=1S/C19H33N3OS/c1-7-19(5,6)17(23)22-10-8-9-21(11-12-22)13-15-14-24-16(20-15)18(2,3)4/h14H,7-13H2,1-6H3. The average Bonchev–Trinajstić information content (AvgIpc) is 2.86. The van der Waals surface area contributed by atoms with Gasteiger partial charge in [-0.05, 0) is 12.8 Å². The van der Waals surface area contributed by atoms with Crippen LogP contribution < -0.4 is 0 Å². The van der Waals surface area contributed by atoms with E-state index in [0.717, 1.165) is 45.6 Å². The first kappa shape index (κ1) is 19.4. The van der Waals surface area contributed by atoms with Crippen LogP contribution in [-0.4, -0.2) is 46.9 Å². The van der Waals surface area contributed by atoms with Crippen LogP contribution in [0.5, 0.6) is 0 Å². The molecule has 0 bridgehead atoms. The van der Waals surface area contributed by atoms with Crippen molar-refractivity contribution in [1.82, 2.24) is 14.8 Å². The molecule has 0 saturated carbocycles. The minimum atomic E-state index is -0.244. The van der Waals surface area contributed by atoms with E-state index in [9.17, 15) is 4.79 Å². The third-order valence-corrected chi connectivity index (χ3v) is 6.23. The molecule has 1 aromatic heterocycles. The molecule has 1 amide bonds. The van der Waals surface area contributed by atoms with Crippen molar-refractivity contribution in [1.29, 1.82) is 0 Å². The van der Waals surface area contributed by atoms with E-state index in [2.05, 4.69) is 56.7 Å². The van der Waals surface area contributed by atoms with Gasteiger partial charge in [0.1, 0.15) is 0 Å². The summed E-state index contributed by atoms with van der Waals surface area (Å²) in [5, 5.41) is 3.39. The molecule has 0 radical (unpaired) electrons. The lowest BCUT2D eigenvalue weighted by molar-refractivity contribution is -0.140. The minimum Gasteiger partial charge on any atom is -0.341 e. The van der Waals surface area contributed by atoms with Crippen LogP contribution in [0.1, 0.15) is 65.1 Å². The summed E-state index contributed by atoms with van der Waals surface area (Å²) < 4.78 is 0. The molecule has 0 spiro atoms. The molecule has 0 unspecified atom stereocenters. The largest absolute Gasteiger partial charge is 0.341 e. The summed E-state index contributed by atoms with van der Waals surface area (Å²) in [6.07, 6.45) is 1.93. The van der Waals surface area contributed by atoms with E-state index in [1.165, 1.54) is 10.7 Å². The van der Waals surface area contributed by atoms with Gasteiger partial charge < -0.3 is 4.90 Å². The lowest BCUT2D eigenvalue weighted by Gasteiger charge is -2.30. The van der Waals surface area contributed by atoms with Crippen molar-refractivity contribution < 1.29 is 4.79 Å². The van der Waals surface area contributed by atoms with Crippen LogP contribution in [0.4, 0.5) is 0 Å². The van der Waals surface area contributed by atoms with Gasteiger partial charge in [-0.3, -0.25) is 9.69 Å². The summed E-state index contributed by atoms with van der Waals surface area (Å²) in [4.78, 5) is 22.0. The fourth-order valence-electron chi connectivity index (χ4n) is 2.86. The summed E-state index contributed by atoms with van der Waals surface area (Å²) in [6, 6.07) is 0. The highest BCUT2D eigenvalue weighted by atomic mass is 32.1. The first-order chi connectivity index (χ1) is 11.1. The zero-order valence-corrected chi connectivity index (χ0v) is 17.0. The fourth-order valence-corrected chi connectivity index (χ4v) is 3.76. The van der Waals surface area contributed by atoms with Crippen LogP contribution in [0.3, 0.4) is 0 Å². The van der Waals surface area contributed by atoms with Gasteiger partial charge >= 0.3 is 0 Å². The summed E-state index contributed by atoms with van der Waals surface area (Å²) >= 11 is 1.76. The molecule has 2 heterocycles. The highest BCUT2D eigenvalue weighted by Gasteiger charge is 2.31. The Labute approximate surface area is 151 Å². The highest BCUT2D eigenvalue weighted by molar-refractivity contribution is 7.09. The van der Waals surface area contributed by atoms with E-state index >= 15 is 0 Å². The van der Waals surface area contributed by atoms with Crippen LogP contribution in [0.15, 0.2) is 5.38 Å². The summed E-state index contributed by atoms with van der Waals surface area (Å²) in [5.74, 6) is 0.301. The smallest absolute Gasteiger partial charge is 0.228 e. The maximum atomic E-state index is 12.7. The Balaban J connectivity index is 1.94. The van der Waals surface area contributed by atoms with E-state index in [1.54, 1.807) is 11.3 Å². The third-order valence-electron chi connectivity index (χ3n) is 4.92. The molecule has 4 nitrogen and oxygen atoms in total. The number of aromatic nitrogens is 1. The first-order valence-electron chi connectivity index (χ1n) is 9.10. The summed E-state index contributed by atoms with van der Waals surface area (Å²) in [5.41, 5.74) is 1.04. The molecule has 0 aromatic carbocycles. The SMILES string of the molecule is CCC(C)(C)C(=O)N1CCCN(Cc2csc(C(C)(C)C)n2)CC1. The monoisotopic (exact) mass is 351 g/mol. The molecule has 0 aliphatic carbocycles. The molecule has 1 saturated heterocycles. The van der Waals surface area contributed by atoms with Gasteiger partial charge in [0.25, 0.3) is 0 Å². The Hall–Kier alpha value is -0.940. The van der Waals surface area contributed by atoms with E-state index in [-0.39, 0.29) is 10.8 Å². The average molecular weight is 352 g/mol. The second kappa shape index (κ2) is 7.52. The van der Waals surface area contributed by atoms with Crippen molar-refractivity contribution in [2.45, 2.75) is 66.3 Å². The normalized spacial score (nSPS) is 17.8. The molecule has 1 aromatic rings.